The van der Waals surface area contributed by atoms with Crippen LogP contribution >= 0.6 is 23.1 Å². The molecule has 2 unspecified atom stereocenters. The molecule has 0 amide bonds. The molecule has 1 aliphatic carbocycles. The van der Waals surface area contributed by atoms with Crippen LogP contribution in [0, 0.1) is 0 Å². The van der Waals surface area contributed by atoms with Crippen molar-refractivity contribution in [1.29, 1.82) is 0 Å². The minimum atomic E-state index is 0.428. The Morgan fingerprint density at radius 1 is 0.725 bits per heavy atom. The molecule has 7 aromatic rings. The molecule has 3 heteroatoms. The Bertz CT molecular complexity index is 3520. The van der Waals surface area contributed by atoms with Gasteiger partial charge in [0.2, 0.25) is 0 Å². The lowest BCUT2D eigenvalue weighted by atomic mass is 9.86. The van der Waals surface area contributed by atoms with E-state index in [1.54, 1.807) is 0 Å². The van der Waals surface area contributed by atoms with E-state index in [1.807, 2.05) is 48.3 Å². The molecule has 0 saturated carbocycles. The van der Waals surface area contributed by atoms with Gasteiger partial charge in [-0.05, 0) is 123 Å². The van der Waals surface area contributed by atoms with Crippen molar-refractivity contribution in [3.05, 3.63) is 289 Å². The van der Waals surface area contributed by atoms with Crippen molar-refractivity contribution in [3.8, 4) is 0 Å². The average molecular weight is 926 g/mol. The maximum Gasteiger partial charge on any atom is 0.0489 e. The maximum absolute atomic E-state index is 4.76. The third-order valence-electron chi connectivity index (χ3n) is 13.4. The Morgan fingerprint density at radius 2 is 1.38 bits per heavy atom. The van der Waals surface area contributed by atoms with Gasteiger partial charge in [0.25, 0.3) is 0 Å². The number of hydrogen-bond acceptors (Lipinski definition) is 3. The molecule has 2 atom stereocenters. The Hall–Kier alpha value is -7.43. The third-order valence-corrected chi connectivity index (χ3v) is 16.1. The predicted molar refractivity (Wildman–Crippen MR) is 306 cm³/mol. The zero-order valence-electron chi connectivity index (χ0n) is 39.4. The second-order valence-electron chi connectivity index (χ2n) is 17.7. The Morgan fingerprint density at radius 3 is 2.09 bits per heavy atom. The second-order valence-corrected chi connectivity index (χ2v) is 19.9. The lowest BCUT2D eigenvalue weighted by molar-refractivity contribution is 0.557. The molecule has 1 aromatic heterocycles. The Kier molecular flexibility index (Phi) is 13.2. The number of fused-ring (bicyclic) bond motifs is 8. The molecule has 6 aromatic carbocycles. The summed E-state index contributed by atoms with van der Waals surface area (Å²) < 4.78 is 2.59. The third kappa shape index (κ3) is 8.81. The molecule has 3 heterocycles. The smallest absolute Gasteiger partial charge is 0.0489 e. The van der Waals surface area contributed by atoms with E-state index < -0.39 is 0 Å². The number of allylic oxidation sites excluding steroid dienone is 21. The summed E-state index contributed by atoms with van der Waals surface area (Å²) in [5.41, 5.74) is 13.4. The van der Waals surface area contributed by atoms with Gasteiger partial charge >= 0.3 is 0 Å². The van der Waals surface area contributed by atoms with Crippen LogP contribution in [0.15, 0.2) is 266 Å². The van der Waals surface area contributed by atoms with Crippen LogP contribution in [0.4, 0.5) is 0 Å². The van der Waals surface area contributed by atoms with Crippen molar-refractivity contribution < 1.29 is 0 Å². The lowest BCUT2D eigenvalue weighted by Crippen LogP contribution is -2.19. The highest BCUT2D eigenvalue weighted by Gasteiger charge is 2.32. The van der Waals surface area contributed by atoms with Crippen LogP contribution in [0.2, 0.25) is 0 Å². The van der Waals surface area contributed by atoms with Crippen LogP contribution in [-0.2, 0) is 6.42 Å². The number of thiophene rings is 1. The molecule has 0 saturated heterocycles. The number of thioether (sulfide) groups is 1. The van der Waals surface area contributed by atoms with Crippen LogP contribution in [-0.4, -0.2) is 10.1 Å². The summed E-state index contributed by atoms with van der Waals surface area (Å²) in [4.78, 5) is 3.70. The van der Waals surface area contributed by atoms with E-state index in [2.05, 4.69) is 219 Å². The van der Waals surface area contributed by atoms with Crippen LogP contribution in [0.3, 0.4) is 0 Å². The molecule has 3 aliphatic rings. The summed E-state index contributed by atoms with van der Waals surface area (Å²) in [6, 6.07) is 39.5. The van der Waals surface area contributed by atoms with Crippen LogP contribution in [0.1, 0.15) is 54.0 Å². The monoisotopic (exact) mass is 925 g/mol. The number of hydrogen-bond donors (Lipinski definition) is 0. The number of rotatable bonds is 12. The highest BCUT2D eigenvalue weighted by molar-refractivity contribution is 8.00. The van der Waals surface area contributed by atoms with Gasteiger partial charge in [-0.25, -0.2) is 0 Å². The van der Waals surface area contributed by atoms with Crippen LogP contribution < -0.4 is 0 Å². The normalized spacial score (nSPS) is 19.8. The molecule has 0 N–H and O–H groups in total. The summed E-state index contributed by atoms with van der Waals surface area (Å²) in [6.45, 7) is 22.6. The summed E-state index contributed by atoms with van der Waals surface area (Å²) in [7, 11) is 0. The zero-order chi connectivity index (χ0) is 47.4. The Balaban J connectivity index is 1.03. The molecule has 10 rings (SSSR count). The summed E-state index contributed by atoms with van der Waals surface area (Å²) in [5, 5.41) is 7.64. The predicted octanol–water partition coefficient (Wildman–Crippen LogP) is 18.8. The van der Waals surface area contributed by atoms with E-state index in [0.717, 1.165) is 72.9 Å². The lowest BCUT2D eigenvalue weighted by Gasteiger charge is -2.29. The minimum absolute atomic E-state index is 0.428. The molecule has 0 bridgehead atoms. The van der Waals surface area contributed by atoms with Gasteiger partial charge in [-0.1, -0.05) is 215 Å². The van der Waals surface area contributed by atoms with Gasteiger partial charge in [-0.15, -0.1) is 23.1 Å². The van der Waals surface area contributed by atoms with Crippen molar-refractivity contribution in [1.82, 2.24) is 4.90 Å². The molecule has 2 aliphatic heterocycles. The topological polar surface area (TPSA) is 3.24 Å². The summed E-state index contributed by atoms with van der Waals surface area (Å²) in [5.74, 6) is 0.428. The van der Waals surface area contributed by atoms with Gasteiger partial charge in [0.15, 0.2) is 0 Å². The number of nitrogens with zero attached hydrogens (tertiary/aromatic N) is 1. The van der Waals surface area contributed by atoms with Crippen molar-refractivity contribution in [2.75, 3.05) is 0 Å². The first-order chi connectivity index (χ1) is 33.8. The average Bonchev–Trinajstić information content (AvgIpc) is 3.97. The molecule has 336 valence electrons. The van der Waals surface area contributed by atoms with Gasteiger partial charge in [0.05, 0.1) is 0 Å². The summed E-state index contributed by atoms with van der Waals surface area (Å²) >= 11 is 3.85. The van der Waals surface area contributed by atoms with Crippen molar-refractivity contribution in [2.45, 2.75) is 42.8 Å². The quantitative estimate of drug-likeness (QED) is 0.0887. The van der Waals surface area contributed by atoms with E-state index in [0.29, 0.717) is 17.6 Å². The first kappa shape index (κ1) is 45.4. The van der Waals surface area contributed by atoms with Gasteiger partial charge in [-0.2, -0.15) is 0 Å². The zero-order valence-corrected chi connectivity index (χ0v) is 41.0. The fraction of sp³-hybridized carbons (Fsp3) is 0.0909. The maximum atomic E-state index is 4.76. The molecule has 69 heavy (non-hydrogen) atoms. The molecule has 0 fully saturated rings. The number of benzene rings is 6. The molecule has 0 spiro atoms. The minimum Gasteiger partial charge on any atom is -0.315 e. The highest BCUT2D eigenvalue weighted by Crippen LogP contribution is 2.50. The van der Waals surface area contributed by atoms with Crippen LogP contribution in [0.5, 0.6) is 0 Å². The molecule has 1 nitrogen and oxygen atoms in total. The molecular formula is C66H55NS2. The van der Waals surface area contributed by atoms with Gasteiger partial charge in [0, 0.05) is 53.3 Å². The van der Waals surface area contributed by atoms with E-state index in [9.17, 15) is 0 Å². The highest BCUT2D eigenvalue weighted by atomic mass is 32.2. The van der Waals surface area contributed by atoms with Crippen molar-refractivity contribution in [3.63, 3.8) is 0 Å². The van der Waals surface area contributed by atoms with Gasteiger partial charge < -0.3 is 4.90 Å². The Labute approximate surface area is 416 Å². The molecular weight excluding hydrogens is 871 g/mol. The first-order valence-corrected chi connectivity index (χ1v) is 25.4. The van der Waals surface area contributed by atoms with Crippen LogP contribution in [0.25, 0.3) is 58.4 Å². The largest absolute Gasteiger partial charge is 0.315 e. The molecule has 0 radical (unpaired) electrons. The van der Waals surface area contributed by atoms with Gasteiger partial charge in [0.1, 0.15) is 0 Å². The fourth-order valence-electron chi connectivity index (χ4n) is 10.1. The van der Waals surface area contributed by atoms with E-state index in [1.165, 1.54) is 47.3 Å². The fourth-order valence-corrected chi connectivity index (χ4v) is 12.9. The van der Waals surface area contributed by atoms with Crippen molar-refractivity contribution in [2.24, 2.45) is 0 Å². The standard InChI is InChI=1S/C66H55NS2/c1-7-9-10-23-44(3)63-54-30-11-13-32-56(54)64(57-33-14-12-31-55(57)63)45(4)24-19-25-46(5)67-47(6)40-41-49(51-34-22-36-59-53-29-16-18-39-62(53)69-66(51)59)43-42-48(8-2)60(67)37-21-27-50-26-20-35-58-52-28-15-17-38-61(52)68-65(50)58/h7-26,28-41,43,52,61H,2-4,6,27,42H2,1,5H3/b9-7-,23-10-,24-19-,37-21-,41-40-,46-25+,49-43+,60-48-. The first-order valence-electron chi connectivity index (χ1n) is 23.7. The van der Waals surface area contributed by atoms with Gasteiger partial charge in [-0.3, -0.25) is 0 Å². The van der Waals surface area contributed by atoms with E-state index in [-0.39, 0.29) is 0 Å². The second kappa shape index (κ2) is 20.0. The van der Waals surface area contributed by atoms with E-state index in [4.69, 9.17) is 13.2 Å². The SMILES string of the molecule is C=C/C1=C(\C=C/Cc2cccc3c2SC2C=CC=CC32)N(/C(C)=C/C=C\C(=C)c2c3ccccc3c(C(=C)/C=C\C=C/C)c3ccccc23)C(=C)/C=C\C(c2cccc3c2sc2ccccc23)=C/C1. The van der Waals surface area contributed by atoms with Crippen molar-refractivity contribution >= 4 is 81.5 Å². The van der Waals surface area contributed by atoms with E-state index >= 15 is 0 Å². The summed E-state index contributed by atoms with van der Waals surface area (Å²) in [6.07, 6.45) is 38.6.